The topological polar surface area (TPSA) is 0 Å². The van der Waals surface area contributed by atoms with E-state index in [1.54, 1.807) is 0 Å². The summed E-state index contributed by atoms with van der Waals surface area (Å²) < 4.78 is 0. The zero-order valence-electron chi connectivity index (χ0n) is 9.47. The van der Waals surface area contributed by atoms with Gasteiger partial charge in [-0.25, -0.2) is 0 Å². The monoisotopic (exact) mass is 180 g/mol. The van der Waals surface area contributed by atoms with E-state index in [1.807, 2.05) is 0 Å². The van der Waals surface area contributed by atoms with Crippen molar-refractivity contribution in [3.8, 4) is 0 Å². The summed E-state index contributed by atoms with van der Waals surface area (Å²) in [6, 6.07) is 0. The quantitative estimate of drug-likeness (QED) is 0.564. The maximum Gasteiger partial charge on any atom is -0.0292 e. The molecule has 0 nitrogen and oxygen atoms in total. The van der Waals surface area contributed by atoms with Crippen LogP contribution in [0.1, 0.15) is 52.9 Å². The number of allylic oxidation sites excluding steroid dienone is 1. The predicted molar refractivity (Wildman–Crippen MR) is 59.7 cm³/mol. The van der Waals surface area contributed by atoms with Crippen LogP contribution in [0.4, 0.5) is 0 Å². The minimum Gasteiger partial charge on any atom is -0.0999 e. The Morgan fingerprint density at radius 3 is 2.54 bits per heavy atom. The molecule has 1 aliphatic carbocycles. The average molecular weight is 180 g/mol. The van der Waals surface area contributed by atoms with Crippen LogP contribution in [-0.4, -0.2) is 0 Å². The molecule has 0 spiro atoms. The molecule has 0 aromatic heterocycles. The van der Waals surface area contributed by atoms with E-state index in [1.165, 1.54) is 37.7 Å². The van der Waals surface area contributed by atoms with E-state index in [0.717, 1.165) is 17.8 Å². The molecule has 0 radical (unpaired) electrons. The SMILES string of the molecule is C=C(CC)CC1CCC(C)CC1C. The molecule has 0 saturated heterocycles. The van der Waals surface area contributed by atoms with Crippen molar-refractivity contribution in [3.05, 3.63) is 12.2 Å². The fourth-order valence-electron chi connectivity index (χ4n) is 2.55. The standard InChI is InChI=1S/C13H24/c1-5-10(2)9-13-7-6-11(3)8-12(13)4/h11-13H,2,5-9H2,1,3-4H3. The second kappa shape index (κ2) is 4.83. The summed E-state index contributed by atoms with van der Waals surface area (Å²) in [5, 5.41) is 0. The van der Waals surface area contributed by atoms with Crippen molar-refractivity contribution in [2.75, 3.05) is 0 Å². The molecule has 3 atom stereocenters. The maximum absolute atomic E-state index is 4.12. The Hall–Kier alpha value is -0.260. The first-order valence-electron chi connectivity index (χ1n) is 5.80. The molecule has 0 heterocycles. The van der Waals surface area contributed by atoms with E-state index < -0.39 is 0 Å². The van der Waals surface area contributed by atoms with Gasteiger partial charge in [-0.3, -0.25) is 0 Å². The molecule has 0 bridgehead atoms. The molecular weight excluding hydrogens is 156 g/mol. The van der Waals surface area contributed by atoms with Gasteiger partial charge in [0.25, 0.3) is 0 Å². The number of hydrogen-bond donors (Lipinski definition) is 0. The van der Waals surface area contributed by atoms with Crippen LogP contribution in [0.2, 0.25) is 0 Å². The van der Waals surface area contributed by atoms with Gasteiger partial charge in [-0.2, -0.15) is 0 Å². The second-order valence-corrected chi connectivity index (χ2v) is 4.96. The average Bonchev–Trinajstić information content (AvgIpc) is 2.09. The maximum atomic E-state index is 4.12. The third-order valence-electron chi connectivity index (χ3n) is 3.66. The smallest absolute Gasteiger partial charge is 0.0292 e. The molecule has 0 amide bonds. The largest absolute Gasteiger partial charge is 0.0999 e. The van der Waals surface area contributed by atoms with E-state index in [4.69, 9.17) is 0 Å². The molecule has 13 heavy (non-hydrogen) atoms. The summed E-state index contributed by atoms with van der Waals surface area (Å²) in [5.41, 5.74) is 1.45. The van der Waals surface area contributed by atoms with Crippen LogP contribution in [0, 0.1) is 17.8 Å². The molecule has 76 valence electrons. The van der Waals surface area contributed by atoms with Crippen LogP contribution in [0.25, 0.3) is 0 Å². The van der Waals surface area contributed by atoms with Crippen LogP contribution in [0.15, 0.2) is 12.2 Å². The molecule has 0 aromatic carbocycles. The van der Waals surface area contributed by atoms with Gasteiger partial charge < -0.3 is 0 Å². The first kappa shape index (κ1) is 10.8. The van der Waals surface area contributed by atoms with E-state index in [2.05, 4.69) is 27.4 Å². The highest BCUT2D eigenvalue weighted by Crippen LogP contribution is 2.36. The van der Waals surface area contributed by atoms with E-state index in [-0.39, 0.29) is 0 Å². The fourth-order valence-corrected chi connectivity index (χ4v) is 2.55. The molecular formula is C13H24. The van der Waals surface area contributed by atoms with E-state index in [0.29, 0.717) is 0 Å². The Bertz CT molecular complexity index is 169. The molecule has 3 unspecified atom stereocenters. The van der Waals surface area contributed by atoms with Crippen molar-refractivity contribution in [3.63, 3.8) is 0 Å². The molecule has 1 rings (SSSR count). The minimum atomic E-state index is 0.923. The van der Waals surface area contributed by atoms with E-state index >= 15 is 0 Å². The lowest BCUT2D eigenvalue weighted by molar-refractivity contribution is 0.203. The van der Waals surface area contributed by atoms with Gasteiger partial charge in [0, 0.05) is 0 Å². The fraction of sp³-hybridized carbons (Fsp3) is 0.846. The number of rotatable bonds is 3. The van der Waals surface area contributed by atoms with Crippen LogP contribution >= 0.6 is 0 Å². The van der Waals surface area contributed by atoms with Crippen molar-refractivity contribution in [2.45, 2.75) is 52.9 Å². The lowest BCUT2D eigenvalue weighted by Gasteiger charge is -2.33. The van der Waals surface area contributed by atoms with Gasteiger partial charge in [-0.05, 0) is 43.4 Å². The number of hydrogen-bond acceptors (Lipinski definition) is 0. The molecule has 0 aromatic rings. The lowest BCUT2D eigenvalue weighted by Crippen LogP contribution is -2.21. The van der Waals surface area contributed by atoms with Gasteiger partial charge in [-0.1, -0.05) is 39.3 Å². The Kier molecular flexibility index (Phi) is 4.02. The minimum absolute atomic E-state index is 0.923. The van der Waals surface area contributed by atoms with Crippen molar-refractivity contribution in [1.29, 1.82) is 0 Å². The molecule has 1 fully saturated rings. The molecule has 0 aliphatic heterocycles. The Morgan fingerprint density at radius 1 is 1.31 bits per heavy atom. The van der Waals surface area contributed by atoms with Crippen LogP contribution in [0.5, 0.6) is 0 Å². The van der Waals surface area contributed by atoms with Gasteiger partial charge in [0.15, 0.2) is 0 Å². The summed E-state index contributed by atoms with van der Waals surface area (Å²) in [4.78, 5) is 0. The summed E-state index contributed by atoms with van der Waals surface area (Å²) in [5.74, 6) is 2.82. The van der Waals surface area contributed by atoms with Gasteiger partial charge >= 0.3 is 0 Å². The Labute approximate surface area is 83.4 Å². The first-order valence-corrected chi connectivity index (χ1v) is 5.80. The normalized spacial score (nSPS) is 34.5. The highest BCUT2D eigenvalue weighted by Gasteiger charge is 2.25. The molecule has 0 N–H and O–H groups in total. The third kappa shape index (κ3) is 3.17. The van der Waals surface area contributed by atoms with Gasteiger partial charge in [0.05, 0.1) is 0 Å². The van der Waals surface area contributed by atoms with Gasteiger partial charge in [0.2, 0.25) is 0 Å². The summed E-state index contributed by atoms with van der Waals surface area (Å²) in [6.45, 7) is 11.2. The Balaban J connectivity index is 2.38. The van der Waals surface area contributed by atoms with Crippen molar-refractivity contribution < 1.29 is 0 Å². The Morgan fingerprint density at radius 2 is 2.00 bits per heavy atom. The van der Waals surface area contributed by atoms with Gasteiger partial charge in [0.1, 0.15) is 0 Å². The molecule has 0 heteroatoms. The predicted octanol–water partition coefficient (Wildman–Crippen LogP) is 4.42. The summed E-state index contributed by atoms with van der Waals surface area (Å²) in [6.07, 6.45) is 6.75. The van der Waals surface area contributed by atoms with Crippen LogP contribution in [0.3, 0.4) is 0 Å². The highest BCUT2D eigenvalue weighted by molar-refractivity contribution is 4.96. The highest BCUT2D eigenvalue weighted by atomic mass is 14.3. The molecule has 1 aliphatic rings. The second-order valence-electron chi connectivity index (χ2n) is 4.96. The summed E-state index contributed by atoms with van der Waals surface area (Å²) >= 11 is 0. The molecule has 1 saturated carbocycles. The zero-order valence-corrected chi connectivity index (χ0v) is 9.47. The van der Waals surface area contributed by atoms with Crippen LogP contribution in [-0.2, 0) is 0 Å². The van der Waals surface area contributed by atoms with Gasteiger partial charge in [-0.15, -0.1) is 0 Å². The third-order valence-corrected chi connectivity index (χ3v) is 3.66. The van der Waals surface area contributed by atoms with Crippen molar-refractivity contribution in [2.24, 2.45) is 17.8 Å². The summed E-state index contributed by atoms with van der Waals surface area (Å²) in [7, 11) is 0. The zero-order chi connectivity index (χ0) is 9.84. The lowest BCUT2D eigenvalue weighted by atomic mass is 9.73. The van der Waals surface area contributed by atoms with Crippen molar-refractivity contribution in [1.82, 2.24) is 0 Å². The van der Waals surface area contributed by atoms with Crippen LogP contribution < -0.4 is 0 Å². The van der Waals surface area contributed by atoms with Crippen molar-refractivity contribution >= 4 is 0 Å². The first-order chi connectivity index (χ1) is 6.13. The van der Waals surface area contributed by atoms with E-state index in [9.17, 15) is 0 Å².